The molecule has 6 heteroatoms. The number of rotatable bonds is 10. The van der Waals surface area contributed by atoms with Gasteiger partial charge in [0.2, 0.25) is 0 Å². The minimum Gasteiger partial charge on any atom is -0.459 e. The summed E-state index contributed by atoms with van der Waals surface area (Å²) in [6, 6.07) is 18.1. The lowest BCUT2D eigenvalue weighted by atomic mass is 10.1. The molecule has 1 amide bonds. The van der Waals surface area contributed by atoms with Gasteiger partial charge in [0.05, 0.1) is 12.7 Å². The Labute approximate surface area is 184 Å². The van der Waals surface area contributed by atoms with Gasteiger partial charge in [-0.3, -0.25) is 0 Å². The minimum atomic E-state index is -0.947. The smallest absolute Gasteiger partial charge is 0.408 e. The zero-order valence-electron chi connectivity index (χ0n) is 18.4. The van der Waals surface area contributed by atoms with E-state index in [4.69, 9.17) is 14.2 Å². The first kappa shape index (κ1) is 24.2. The lowest BCUT2D eigenvalue weighted by molar-refractivity contribution is -0.148. The number of hydrogen-bond donors (Lipinski definition) is 1. The highest BCUT2D eigenvalue weighted by Crippen LogP contribution is 2.13. The van der Waals surface area contributed by atoms with E-state index in [1.165, 1.54) is 0 Å². The Balaban J connectivity index is 2.02. The number of alkyl carbamates (subject to hydrolysis) is 1. The van der Waals surface area contributed by atoms with E-state index in [0.29, 0.717) is 6.61 Å². The van der Waals surface area contributed by atoms with Crippen LogP contribution in [0, 0.1) is 0 Å². The number of carbonyl (C=O) groups excluding carboxylic acids is 2. The van der Waals surface area contributed by atoms with Gasteiger partial charge in [-0.2, -0.15) is 0 Å². The molecule has 0 radical (unpaired) electrons. The predicted molar refractivity (Wildman–Crippen MR) is 119 cm³/mol. The van der Waals surface area contributed by atoms with E-state index in [-0.39, 0.29) is 13.0 Å². The topological polar surface area (TPSA) is 73.9 Å². The molecule has 0 bridgehead atoms. The molecule has 2 aromatic carbocycles. The molecule has 0 aliphatic rings. The van der Waals surface area contributed by atoms with Gasteiger partial charge in [-0.05, 0) is 31.9 Å². The Hall–Kier alpha value is -3.12. The molecule has 0 heterocycles. The van der Waals surface area contributed by atoms with Crippen molar-refractivity contribution < 1.29 is 23.8 Å². The van der Waals surface area contributed by atoms with Gasteiger partial charge in [0, 0.05) is 6.42 Å². The van der Waals surface area contributed by atoms with Gasteiger partial charge in [-0.25, -0.2) is 9.59 Å². The summed E-state index contributed by atoms with van der Waals surface area (Å²) in [5.74, 6) is -0.565. The number of hydrogen-bond acceptors (Lipinski definition) is 5. The first-order chi connectivity index (χ1) is 14.8. The van der Waals surface area contributed by atoms with E-state index >= 15 is 0 Å². The second kappa shape index (κ2) is 11.9. The molecule has 166 valence electrons. The Morgan fingerprint density at radius 3 is 2.03 bits per heavy atom. The molecular formula is C25H31NO5. The van der Waals surface area contributed by atoms with Crippen LogP contribution in [0.1, 0.15) is 38.3 Å². The lowest BCUT2D eigenvalue weighted by Gasteiger charge is -2.25. The van der Waals surface area contributed by atoms with Crippen LogP contribution in [-0.2, 0) is 32.2 Å². The minimum absolute atomic E-state index is 0.107. The summed E-state index contributed by atoms with van der Waals surface area (Å²) < 4.78 is 16.6. The monoisotopic (exact) mass is 425 g/mol. The molecule has 0 unspecified atom stereocenters. The second-order valence-corrected chi connectivity index (χ2v) is 8.10. The fourth-order valence-electron chi connectivity index (χ4n) is 2.74. The summed E-state index contributed by atoms with van der Waals surface area (Å²) in [6.45, 7) is 9.52. The molecule has 2 rings (SSSR count). The Morgan fingerprint density at radius 2 is 1.52 bits per heavy atom. The molecule has 2 aromatic rings. The van der Waals surface area contributed by atoms with Crippen LogP contribution in [0.2, 0.25) is 0 Å². The highest BCUT2D eigenvalue weighted by atomic mass is 16.6. The summed E-state index contributed by atoms with van der Waals surface area (Å²) in [7, 11) is 0. The standard InChI is InChI=1S/C25H31NO5/c1-5-21(29-17-19-12-8-6-9-13-19)16-22(26-24(28)31-25(2,3)4)23(27)30-18-20-14-10-7-11-15-20/h5-15,21-22H,1,16-18H2,2-4H3,(H,26,28)/t21-,22+/m1/s1. The van der Waals surface area contributed by atoms with Gasteiger partial charge in [0.1, 0.15) is 18.2 Å². The van der Waals surface area contributed by atoms with Gasteiger partial charge >= 0.3 is 12.1 Å². The molecule has 2 atom stereocenters. The highest BCUT2D eigenvalue weighted by molar-refractivity contribution is 5.81. The molecule has 0 aromatic heterocycles. The van der Waals surface area contributed by atoms with Crippen LogP contribution < -0.4 is 5.32 Å². The lowest BCUT2D eigenvalue weighted by Crippen LogP contribution is -2.46. The quantitative estimate of drug-likeness (QED) is 0.438. The average molecular weight is 426 g/mol. The largest absolute Gasteiger partial charge is 0.459 e. The van der Waals surface area contributed by atoms with Crippen LogP contribution in [0.15, 0.2) is 73.3 Å². The van der Waals surface area contributed by atoms with Crippen molar-refractivity contribution >= 4 is 12.1 Å². The number of ether oxygens (including phenoxy) is 3. The van der Waals surface area contributed by atoms with Crippen molar-refractivity contribution in [3.8, 4) is 0 Å². The summed E-state index contributed by atoms with van der Waals surface area (Å²) in [5.41, 5.74) is 1.16. The van der Waals surface area contributed by atoms with Crippen molar-refractivity contribution in [3.05, 3.63) is 84.4 Å². The van der Waals surface area contributed by atoms with Crippen molar-refractivity contribution in [2.24, 2.45) is 0 Å². The third-order valence-corrected chi connectivity index (χ3v) is 4.24. The molecule has 31 heavy (non-hydrogen) atoms. The predicted octanol–water partition coefficient (Wildman–Crippen LogP) is 4.78. The fourth-order valence-corrected chi connectivity index (χ4v) is 2.74. The maximum atomic E-state index is 12.8. The van der Waals surface area contributed by atoms with Crippen LogP contribution in [0.4, 0.5) is 4.79 Å². The zero-order chi connectivity index (χ0) is 22.7. The van der Waals surface area contributed by atoms with E-state index in [9.17, 15) is 9.59 Å². The molecule has 0 aliphatic heterocycles. The normalized spacial score (nSPS) is 13.0. The van der Waals surface area contributed by atoms with Crippen LogP contribution in [0.5, 0.6) is 0 Å². The molecular weight excluding hydrogens is 394 g/mol. The number of amides is 1. The number of esters is 1. The van der Waals surface area contributed by atoms with E-state index in [1.807, 2.05) is 60.7 Å². The van der Waals surface area contributed by atoms with Crippen molar-refractivity contribution in [3.63, 3.8) is 0 Å². The van der Waals surface area contributed by atoms with Gasteiger partial charge in [0.25, 0.3) is 0 Å². The second-order valence-electron chi connectivity index (χ2n) is 8.10. The van der Waals surface area contributed by atoms with Crippen LogP contribution >= 0.6 is 0 Å². The third-order valence-electron chi connectivity index (χ3n) is 4.24. The Bertz CT molecular complexity index is 830. The zero-order valence-corrected chi connectivity index (χ0v) is 18.4. The van der Waals surface area contributed by atoms with Crippen molar-refractivity contribution in [2.75, 3.05) is 0 Å². The summed E-state index contributed by atoms with van der Waals surface area (Å²) in [4.78, 5) is 25.1. The molecule has 0 saturated carbocycles. The molecule has 6 nitrogen and oxygen atoms in total. The van der Waals surface area contributed by atoms with E-state index < -0.39 is 29.8 Å². The number of nitrogens with one attached hydrogen (secondary N) is 1. The first-order valence-corrected chi connectivity index (χ1v) is 10.2. The SMILES string of the molecule is C=C[C@H](C[C@H](NC(=O)OC(C)(C)C)C(=O)OCc1ccccc1)OCc1ccccc1. The van der Waals surface area contributed by atoms with E-state index in [2.05, 4.69) is 11.9 Å². The molecule has 0 aliphatic carbocycles. The Kier molecular flexibility index (Phi) is 9.28. The average Bonchev–Trinajstić information content (AvgIpc) is 2.74. The van der Waals surface area contributed by atoms with Crippen molar-refractivity contribution in [1.29, 1.82) is 0 Å². The molecule has 0 fully saturated rings. The van der Waals surface area contributed by atoms with Gasteiger partial charge in [-0.1, -0.05) is 66.7 Å². The maximum Gasteiger partial charge on any atom is 0.408 e. The molecule has 0 spiro atoms. The van der Waals surface area contributed by atoms with E-state index in [1.54, 1.807) is 26.8 Å². The van der Waals surface area contributed by atoms with Gasteiger partial charge in [-0.15, -0.1) is 6.58 Å². The summed E-state index contributed by atoms with van der Waals surface area (Å²) in [6.07, 6.45) is 0.616. The van der Waals surface area contributed by atoms with Crippen molar-refractivity contribution in [1.82, 2.24) is 5.32 Å². The highest BCUT2D eigenvalue weighted by Gasteiger charge is 2.28. The molecule has 0 saturated heterocycles. The van der Waals surface area contributed by atoms with Gasteiger partial charge < -0.3 is 19.5 Å². The third kappa shape index (κ3) is 9.49. The van der Waals surface area contributed by atoms with Gasteiger partial charge in [0.15, 0.2) is 0 Å². The Morgan fingerprint density at radius 1 is 0.968 bits per heavy atom. The summed E-state index contributed by atoms with van der Waals surface area (Å²) >= 11 is 0. The van der Waals surface area contributed by atoms with Crippen LogP contribution in [0.3, 0.4) is 0 Å². The van der Waals surface area contributed by atoms with Crippen molar-refractivity contribution in [2.45, 2.75) is 58.2 Å². The fraction of sp³-hybridized carbons (Fsp3) is 0.360. The summed E-state index contributed by atoms with van der Waals surface area (Å²) in [5, 5.41) is 2.61. The molecule has 1 N–H and O–H groups in total. The van der Waals surface area contributed by atoms with Crippen LogP contribution in [0.25, 0.3) is 0 Å². The first-order valence-electron chi connectivity index (χ1n) is 10.2. The maximum absolute atomic E-state index is 12.8. The van der Waals surface area contributed by atoms with E-state index in [0.717, 1.165) is 11.1 Å². The number of benzene rings is 2. The number of carbonyl (C=O) groups is 2. The van der Waals surface area contributed by atoms with Crippen LogP contribution in [-0.4, -0.2) is 29.8 Å².